The quantitative estimate of drug-likeness (QED) is 0.319. The zero-order chi connectivity index (χ0) is 21.8. The summed E-state index contributed by atoms with van der Waals surface area (Å²) in [6.07, 6.45) is -5.84. The summed E-state index contributed by atoms with van der Waals surface area (Å²) in [6.45, 7) is 2.65. The molecule has 0 bridgehead atoms. The molecule has 7 nitrogen and oxygen atoms in total. The summed E-state index contributed by atoms with van der Waals surface area (Å²) in [6, 6.07) is 8.52. The third-order valence-corrected chi connectivity index (χ3v) is 3.96. The molecule has 10 heteroatoms. The SMILES string of the molecule is Cc1ccc(C(=O)[C@H](C)OC(=O)CNc2ccc(C(F)(F)F)cc2[N+](=O)[O-])cc1. The first-order chi connectivity index (χ1) is 13.5. The number of aryl methyl sites for hydroxylation is 1. The number of hydrogen-bond donors (Lipinski definition) is 1. The predicted octanol–water partition coefficient (Wildman–Crippen LogP) is 4.15. The molecule has 0 aliphatic heterocycles. The maximum atomic E-state index is 12.7. The second-order valence-electron chi connectivity index (χ2n) is 6.20. The number of nitro benzene ring substituents is 1. The molecule has 29 heavy (non-hydrogen) atoms. The number of rotatable bonds is 7. The highest BCUT2D eigenvalue weighted by Crippen LogP contribution is 2.34. The Kier molecular flexibility index (Phi) is 6.57. The number of anilines is 1. The summed E-state index contributed by atoms with van der Waals surface area (Å²) < 4.78 is 43.1. The highest BCUT2D eigenvalue weighted by atomic mass is 19.4. The number of nitrogens with zero attached hydrogens (tertiary/aromatic N) is 1. The summed E-state index contributed by atoms with van der Waals surface area (Å²) in [5, 5.41) is 13.4. The maximum Gasteiger partial charge on any atom is 0.416 e. The van der Waals surface area contributed by atoms with Gasteiger partial charge in [0.1, 0.15) is 12.2 Å². The lowest BCUT2D eigenvalue weighted by Crippen LogP contribution is -2.28. The first-order valence-electron chi connectivity index (χ1n) is 8.39. The van der Waals surface area contributed by atoms with E-state index in [-0.39, 0.29) is 5.69 Å². The number of nitrogens with one attached hydrogen (secondary N) is 1. The van der Waals surface area contributed by atoms with Gasteiger partial charge in [0, 0.05) is 11.6 Å². The van der Waals surface area contributed by atoms with E-state index < -0.39 is 46.8 Å². The van der Waals surface area contributed by atoms with Crippen LogP contribution in [0.15, 0.2) is 42.5 Å². The van der Waals surface area contributed by atoms with Gasteiger partial charge in [-0.15, -0.1) is 0 Å². The van der Waals surface area contributed by atoms with E-state index in [1.165, 1.54) is 6.92 Å². The Morgan fingerprint density at radius 1 is 1.17 bits per heavy atom. The fraction of sp³-hybridized carbons (Fsp3) is 0.263. The normalized spacial score (nSPS) is 12.2. The molecule has 0 aromatic heterocycles. The molecule has 0 heterocycles. The Balaban J connectivity index is 2.02. The summed E-state index contributed by atoms with van der Waals surface area (Å²) in [4.78, 5) is 34.2. The van der Waals surface area contributed by atoms with E-state index in [0.29, 0.717) is 17.7 Å². The van der Waals surface area contributed by atoms with Gasteiger partial charge in [-0.05, 0) is 26.0 Å². The molecule has 0 fully saturated rings. The first kappa shape index (κ1) is 21.9. The molecule has 1 N–H and O–H groups in total. The Hall–Kier alpha value is -3.43. The number of carbonyl (C=O) groups excluding carboxylic acids is 2. The van der Waals surface area contributed by atoms with Crippen LogP contribution in [-0.4, -0.2) is 29.3 Å². The van der Waals surface area contributed by atoms with E-state index in [1.54, 1.807) is 24.3 Å². The van der Waals surface area contributed by atoms with Crippen LogP contribution in [0.5, 0.6) is 0 Å². The summed E-state index contributed by atoms with van der Waals surface area (Å²) >= 11 is 0. The fourth-order valence-corrected chi connectivity index (χ4v) is 2.42. The minimum Gasteiger partial charge on any atom is -0.453 e. The molecule has 154 valence electrons. The lowest BCUT2D eigenvalue weighted by Gasteiger charge is -2.14. The molecular weight excluding hydrogens is 393 g/mol. The minimum atomic E-state index is -4.74. The molecule has 0 saturated carbocycles. The number of Topliss-reactive ketones (excluding diaryl/α,β-unsaturated/α-hetero) is 1. The van der Waals surface area contributed by atoms with Crippen LogP contribution in [0.4, 0.5) is 24.5 Å². The molecule has 0 aliphatic carbocycles. The number of ether oxygens (including phenoxy) is 1. The van der Waals surface area contributed by atoms with Gasteiger partial charge in [0.05, 0.1) is 10.5 Å². The Morgan fingerprint density at radius 3 is 2.34 bits per heavy atom. The van der Waals surface area contributed by atoms with Gasteiger partial charge in [-0.2, -0.15) is 13.2 Å². The average Bonchev–Trinajstić information content (AvgIpc) is 2.65. The number of halogens is 3. The monoisotopic (exact) mass is 410 g/mol. The Morgan fingerprint density at radius 2 is 1.79 bits per heavy atom. The van der Waals surface area contributed by atoms with Gasteiger partial charge in [0.2, 0.25) is 5.78 Å². The highest BCUT2D eigenvalue weighted by molar-refractivity contribution is 6.00. The molecule has 0 spiro atoms. The molecule has 2 aromatic rings. The number of hydrogen-bond acceptors (Lipinski definition) is 6. The standard InChI is InChI=1S/C19H17F3N2O5/c1-11-3-5-13(6-4-11)18(26)12(2)29-17(25)10-23-15-8-7-14(19(20,21)22)9-16(15)24(27)28/h3-9,12,23H,10H2,1-2H3/t12-/m0/s1. The van der Waals surface area contributed by atoms with Crippen LogP contribution >= 0.6 is 0 Å². The van der Waals surface area contributed by atoms with Crippen LogP contribution < -0.4 is 5.32 Å². The molecular formula is C19H17F3N2O5. The second kappa shape index (κ2) is 8.72. The molecule has 2 aromatic carbocycles. The number of esters is 1. The number of nitro groups is 1. The van der Waals surface area contributed by atoms with Gasteiger partial charge < -0.3 is 10.1 Å². The van der Waals surface area contributed by atoms with Gasteiger partial charge in [-0.25, -0.2) is 0 Å². The van der Waals surface area contributed by atoms with Gasteiger partial charge >= 0.3 is 12.1 Å². The van der Waals surface area contributed by atoms with E-state index in [0.717, 1.165) is 11.6 Å². The van der Waals surface area contributed by atoms with Crippen molar-refractivity contribution in [2.24, 2.45) is 0 Å². The van der Waals surface area contributed by atoms with Crippen molar-refractivity contribution in [1.29, 1.82) is 0 Å². The zero-order valence-corrected chi connectivity index (χ0v) is 15.4. The van der Waals surface area contributed by atoms with Gasteiger partial charge in [-0.3, -0.25) is 19.7 Å². The van der Waals surface area contributed by atoms with Crippen molar-refractivity contribution in [2.75, 3.05) is 11.9 Å². The van der Waals surface area contributed by atoms with E-state index in [2.05, 4.69) is 5.32 Å². The third-order valence-electron chi connectivity index (χ3n) is 3.96. The number of benzene rings is 2. The molecule has 0 saturated heterocycles. The van der Waals surface area contributed by atoms with Crippen LogP contribution in [0.3, 0.4) is 0 Å². The van der Waals surface area contributed by atoms with Gasteiger partial charge in [0.15, 0.2) is 6.10 Å². The van der Waals surface area contributed by atoms with Crippen LogP contribution in [0.25, 0.3) is 0 Å². The van der Waals surface area contributed by atoms with Crippen LogP contribution in [0, 0.1) is 17.0 Å². The predicted molar refractivity (Wildman–Crippen MR) is 97.7 cm³/mol. The Bertz CT molecular complexity index is 926. The van der Waals surface area contributed by atoms with E-state index in [1.807, 2.05) is 6.92 Å². The van der Waals surface area contributed by atoms with Crippen molar-refractivity contribution < 1.29 is 32.4 Å². The molecule has 2 rings (SSSR count). The summed E-state index contributed by atoms with van der Waals surface area (Å²) in [7, 11) is 0. The molecule has 0 radical (unpaired) electrons. The van der Waals surface area contributed by atoms with E-state index >= 15 is 0 Å². The van der Waals surface area contributed by atoms with Crippen molar-refractivity contribution in [1.82, 2.24) is 0 Å². The van der Waals surface area contributed by atoms with Crippen LogP contribution in [0.1, 0.15) is 28.4 Å². The minimum absolute atomic E-state index is 0.280. The molecule has 0 unspecified atom stereocenters. The first-order valence-corrected chi connectivity index (χ1v) is 8.39. The van der Waals surface area contributed by atoms with E-state index in [9.17, 15) is 32.9 Å². The van der Waals surface area contributed by atoms with Gasteiger partial charge in [-0.1, -0.05) is 29.8 Å². The molecule has 1 atom stereocenters. The molecule has 0 aliphatic rings. The fourth-order valence-electron chi connectivity index (χ4n) is 2.42. The van der Waals surface area contributed by atoms with Crippen LogP contribution in [0.2, 0.25) is 0 Å². The topological polar surface area (TPSA) is 98.5 Å². The largest absolute Gasteiger partial charge is 0.453 e. The lowest BCUT2D eigenvalue weighted by molar-refractivity contribution is -0.384. The Labute approximate surface area is 163 Å². The third kappa shape index (κ3) is 5.77. The smallest absolute Gasteiger partial charge is 0.416 e. The summed E-state index contributed by atoms with van der Waals surface area (Å²) in [5.41, 5.74) is -1.00. The van der Waals surface area contributed by atoms with Crippen LogP contribution in [-0.2, 0) is 15.7 Å². The maximum absolute atomic E-state index is 12.7. The van der Waals surface area contributed by atoms with Crippen molar-refractivity contribution in [2.45, 2.75) is 26.1 Å². The van der Waals surface area contributed by atoms with Crippen molar-refractivity contribution >= 4 is 23.1 Å². The van der Waals surface area contributed by atoms with E-state index in [4.69, 9.17) is 4.74 Å². The second-order valence-corrected chi connectivity index (χ2v) is 6.20. The number of carbonyl (C=O) groups is 2. The number of ketones is 1. The van der Waals surface area contributed by atoms with Crippen molar-refractivity contribution in [3.63, 3.8) is 0 Å². The van der Waals surface area contributed by atoms with Crippen molar-refractivity contribution in [3.8, 4) is 0 Å². The summed E-state index contributed by atoms with van der Waals surface area (Å²) in [5.74, 6) is -1.33. The van der Waals surface area contributed by atoms with Crippen molar-refractivity contribution in [3.05, 3.63) is 69.3 Å². The zero-order valence-electron chi connectivity index (χ0n) is 15.4. The average molecular weight is 410 g/mol. The van der Waals surface area contributed by atoms with Gasteiger partial charge in [0.25, 0.3) is 5.69 Å². The highest BCUT2D eigenvalue weighted by Gasteiger charge is 2.33. The lowest BCUT2D eigenvalue weighted by atomic mass is 10.1. The molecule has 0 amide bonds. The number of alkyl halides is 3.